The fourth-order valence-corrected chi connectivity index (χ4v) is 4.34. The van der Waals surface area contributed by atoms with Crippen molar-refractivity contribution < 1.29 is 9.30 Å². The Morgan fingerprint density at radius 3 is 2.86 bits per heavy atom. The summed E-state index contributed by atoms with van der Waals surface area (Å²) in [6.07, 6.45) is 0. The first-order chi connectivity index (χ1) is 10.7. The van der Waals surface area contributed by atoms with Crippen LogP contribution in [-0.4, -0.2) is 0 Å². The molecule has 0 aliphatic carbocycles. The fraction of sp³-hybridized carbons (Fsp3) is 0.105. The number of aromatic nitrogens is 1. The number of rotatable bonds is 0. The van der Waals surface area contributed by atoms with Crippen molar-refractivity contribution in [2.75, 3.05) is 0 Å². The molecule has 0 saturated carbocycles. The molecule has 0 fully saturated rings. The van der Waals surface area contributed by atoms with E-state index in [-0.39, 0.29) is 0 Å². The molecular formula is C19H14NOS+. The zero-order valence-electron chi connectivity index (χ0n) is 12.4. The first kappa shape index (κ1) is 12.2. The number of hydrogen-bond acceptors (Lipinski definition) is 2. The van der Waals surface area contributed by atoms with Gasteiger partial charge in [-0.2, -0.15) is 4.57 Å². The van der Waals surface area contributed by atoms with E-state index in [9.17, 15) is 0 Å². The second-order valence-electron chi connectivity index (χ2n) is 5.80. The van der Waals surface area contributed by atoms with Gasteiger partial charge in [0.1, 0.15) is 17.5 Å². The molecule has 0 amide bonds. The lowest BCUT2D eigenvalue weighted by Gasteiger charge is -2.20. The smallest absolute Gasteiger partial charge is 0.256 e. The maximum absolute atomic E-state index is 6.25. The summed E-state index contributed by atoms with van der Waals surface area (Å²) in [7, 11) is 2.13. The number of pyridine rings is 1. The molecule has 1 aliphatic rings. The van der Waals surface area contributed by atoms with Crippen molar-refractivity contribution in [1.29, 1.82) is 0 Å². The number of nitrogens with zero attached hydrogens (tertiary/aromatic N) is 1. The minimum absolute atomic E-state index is 0.951. The maximum Gasteiger partial charge on any atom is 0.256 e. The molecule has 0 atom stereocenters. The molecule has 0 saturated heterocycles. The molecule has 3 heteroatoms. The van der Waals surface area contributed by atoms with E-state index < -0.39 is 0 Å². The summed E-state index contributed by atoms with van der Waals surface area (Å²) in [5.74, 6) is 1.91. The number of hydrogen-bond donors (Lipinski definition) is 0. The number of benzene rings is 2. The molecule has 0 spiro atoms. The molecule has 5 rings (SSSR count). The van der Waals surface area contributed by atoms with Gasteiger partial charge in [0.05, 0.1) is 5.56 Å². The Morgan fingerprint density at radius 2 is 1.95 bits per heavy atom. The fourth-order valence-electron chi connectivity index (χ4n) is 3.50. The molecule has 1 aliphatic heterocycles. The Kier molecular flexibility index (Phi) is 2.26. The summed E-state index contributed by atoms with van der Waals surface area (Å²) in [6, 6.07) is 15.0. The average molecular weight is 304 g/mol. The quantitative estimate of drug-likeness (QED) is 0.369. The van der Waals surface area contributed by atoms with E-state index in [0.29, 0.717) is 0 Å². The Labute approximate surface area is 132 Å². The monoisotopic (exact) mass is 304 g/mol. The van der Waals surface area contributed by atoms with Gasteiger partial charge in [-0.1, -0.05) is 24.3 Å². The van der Waals surface area contributed by atoms with Gasteiger partial charge >= 0.3 is 0 Å². The molecule has 4 aromatic rings. The van der Waals surface area contributed by atoms with Crippen LogP contribution in [0.2, 0.25) is 0 Å². The van der Waals surface area contributed by atoms with E-state index in [0.717, 1.165) is 11.5 Å². The van der Waals surface area contributed by atoms with Crippen molar-refractivity contribution in [1.82, 2.24) is 0 Å². The van der Waals surface area contributed by atoms with Gasteiger partial charge in [-0.05, 0) is 29.3 Å². The van der Waals surface area contributed by atoms with Crippen molar-refractivity contribution in [2.45, 2.75) is 6.92 Å². The molecular weight excluding hydrogens is 290 g/mol. The van der Waals surface area contributed by atoms with Gasteiger partial charge in [-0.3, -0.25) is 0 Å². The van der Waals surface area contributed by atoms with Gasteiger partial charge in [0.25, 0.3) is 5.69 Å². The molecule has 0 unspecified atom stereocenters. The van der Waals surface area contributed by atoms with Crippen molar-refractivity contribution in [2.24, 2.45) is 7.05 Å². The van der Waals surface area contributed by atoms with Crippen LogP contribution in [0.3, 0.4) is 0 Å². The van der Waals surface area contributed by atoms with Crippen molar-refractivity contribution in [3.8, 4) is 22.8 Å². The molecule has 2 aromatic carbocycles. The van der Waals surface area contributed by atoms with Crippen LogP contribution < -0.4 is 9.30 Å². The van der Waals surface area contributed by atoms with Gasteiger partial charge in [-0.15, -0.1) is 11.3 Å². The highest BCUT2D eigenvalue weighted by Crippen LogP contribution is 2.47. The van der Waals surface area contributed by atoms with Gasteiger partial charge < -0.3 is 4.74 Å². The summed E-state index contributed by atoms with van der Waals surface area (Å²) in [5, 5.41) is 4.59. The lowest BCUT2D eigenvalue weighted by molar-refractivity contribution is -0.633. The van der Waals surface area contributed by atoms with Crippen LogP contribution in [0.4, 0.5) is 0 Å². The van der Waals surface area contributed by atoms with Crippen LogP contribution in [-0.2, 0) is 7.05 Å². The first-order valence-electron chi connectivity index (χ1n) is 7.35. The highest BCUT2D eigenvalue weighted by molar-refractivity contribution is 7.17. The highest BCUT2D eigenvalue weighted by atomic mass is 32.1. The number of thiophene rings is 1. The molecule has 22 heavy (non-hydrogen) atoms. The summed E-state index contributed by atoms with van der Waals surface area (Å²) in [5.41, 5.74) is 5.01. The lowest BCUT2D eigenvalue weighted by atomic mass is 9.94. The highest BCUT2D eigenvalue weighted by Gasteiger charge is 2.30. The Morgan fingerprint density at radius 1 is 1.05 bits per heavy atom. The van der Waals surface area contributed by atoms with Crippen molar-refractivity contribution >= 4 is 32.3 Å². The molecule has 0 radical (unpaired) electrons. The van der Waals surface area contributed by atoms with Gasteiger partial charge in [0, 0.05) is 17.5 Å². The van der Waals surface area contributed by atoms with E-state index >= 15 is 0 Å². The summed E-state index contributed by atoms with van der Waals surface area (Å²) >= 11 is 1.75. The van der Waals surface area contributed by atoms with E-state index in [1.54, 1.807) is 11.3 Å². The first-order valence-corrected chi connectivity index (χ1v) is 8.23. The Bertz CT molecular complexity index is 1080. The second-order valence-corrected chi connectivity index (χ2v) is 6.75. The van der Waals surface area contributed by atoms with E-state index in [1.807, 2.05) is 0 Å². The number of aryl methyl sites for hydroxylation is 2. The van der Waals surface area contributed by atoms with Gasteiger partial charge in [0.2, 0.25) is 11.3 Å². The topological polar surface area (TPSA) is 13.1 Å². The third-order valence-electron chi connectivity index (χ3n) is 4.54. The SMILES string of the molecule is Cc1ccc2cccc3c2c1-c1c(cc2sccc2[n+]1C)O3. The summed E-state index contributed by atoms with van der Waals surface area (Å²) < 4.78 is 9.77. The number of fused-ring (bicyclic) bond motifs is 3. The molecule has 0 bridgehead atoms. The molecule has 106 valence electrons. The predicted octanol–water partition coefficient (Wildman–Crippen LogP) is 4.96. The van der Waals surface area contributed by atoms with Crippen LogP contribution in [0.25, 0.3) is 32.2 Å². The second kappa shape index (κ2) is 4.08. The molecule has 2 aromatic heterocycles. The summed E-state index contributed by atoms with van der Waals surface area (Å²) in [6.45, 7) is 2.18. The van der Waals surface area contributed by atoms with E-state index in [1.165, 1.54) is 37.8 Å². The average Bonchev–Trinajstić information content (AvgIpc) is 2.99. The molecule has 0 N–H and O–H groups in total. The third-order valence-corrected chi connectivity index (χ3v) is 5.39. The van der Waals surface area contributed by atoms with Crippen LogP contribution >= 0.6 is 11.3 Å². The van der Waals surface area contributed by atoms with E-state index in [4.69, 9.17) is 4.74 Å². The maximum atomic E-state index is 6.25. The van der Waals surface area contributed by atoms with Crippen LogP contribution in [0.5, 0.6) is 11.5 Å². The van der Waals surface area contributed by atoms with Crippen LogP contribution in [0.15, 0.2) is 47.8 Å². The van der Waals surface area contributed by atoms with Gasteiger partial charge in [-0.25, -0.2) is 0 Å². The normalized spacial score (nSPS) is 12.5. The minimum Gasteiger partial charge on any atom is -0.450 e. The Balaban J connectivity index is 2.04. The zero-order chi connectivity index (χ0) is 14.8. The minimum atomic E-state index is 0.951. The lowest BCUT2D eigenvalue weighted by Crippen LogP contribution is -2.33. The molecule has 3 heterocycles. The van der Waals surface area contributed by atoms with Crippen LogP contribution in [0.1, 0.15) is 5.56 Å². The van der Waals surface area contributed by atoms with Crippen molar-refractivity contribution in [3.05, 3.63) is 53.4 Å². The zero-order valence-corrected chi connectivity index (χ0v) is 13.2. The van der Waals surface area contributed by atoms with Gasteiger partial charge in [0.15, 0.2) is 0 Å². The Hall–Kier alpha value is -2.39. The largest absolute Gasteiger partial charge is 0.450 e. The van der Waals surface area contributed by atoms with Crippen molar-refractivity contribution in [3.63, 3.8) is 0 Å². The van der Waals surface area contributed by atoms with Crippen LogP contribution in [0, 0.1) is 6.92 Å². The van der Waals surface area contributed by atoms with E-state index in [2.05, 4.69) is 66.4 Å². The molecule has 2 nitrogen and oxygen atoms in total. The predicted molar refractivity (Wildman–Crippen MR) is 90.8 cm³/mol. The summed E-state index contributed by atoms with van der Waals surface area (Å²) in [4.78, 5) is 0. The standard InChI is InChI=1S/C19H14NOS/c1-11-6-7-12-4-3-5-14-18(12)17(11)19-15(21-14)10-16-13(20(19)2)8-9-22-16/h3-10H,1-2H3/q+1. The number of ether oxygens (including phenoxy) is 1. The third kappa shape index (κ3) is 1.41.